The smallest absolute Gasteiger partial charge is 0.238 e. The van der Waals surface area contributed by atoms with Crippen LogP contribution in [0.5, 0.6) is 0 Å². The Labute approximate surface area is 166 Å². The third-order valence-corrected chi connectivity index (χ3v) is 5.79. The van der Waals surface area contributed by atoms with Gasteiger partial charge in [-0.25, -0.2) is 13.6 Å². The van der Waals surface area contributed by atoms with E-state index in [0.717, 1.165) is 31.0 Å². The van der Waals surface area contributed by atoms with E-state index in [-0.39, 0.29) is 4.90 Å². The normalized spacial score (nSPS) is 17.6. The summed E-state index contributed by atoms with van der Waals surface area (Å²) < 4.78 is 22.6. The lowest BCUT2D eigenvalue weighted by molar-refractivity contribution is 0.597. The van der Waals surface area contributed by atoms with Crippen LogP contribution >= 0.6 is 0 Å². The average molecular weight is 402 g/mol. The third kappa shape index (κ3) is 5.24. The van der Waals surface area contributed by atoms with Crippen LogP contribution in [0.25, 0.3) is 0 Å². The summed E-state index contributed by atoms with van der Waals surface area (Å²) in [5, 5.41) is 11.9. The van der Waals surface area contributed by atoms with Gasteiger partial charge in [-0.1, -0.05) is 29.8 Å². The zero-order valence-corrected chi connectivity index (χ0v) is 17.0. The van der Waals surface area contributed by atoms with Crippen LogP contribution in [0.1, 0.15) is 17.5 Å². The van der Waals surface area contributed by atoms with Gasteiger partial charge in [0.2, 0.25) is 10.0 Å². The van der Waals surface area contributed by atoms with Crippen molar-refractivity contribution in [2.45, 2.75) is 30.8 Å². The molecule has 28 heavy (non-hydrogen) atoms. The van der Waals surface area contributed by atoms with E-state index in [1.807, 2.05) is 0 Å². The number of guanidine groups is 1. The summed E-state index contributed by atoms with van der Waals surface area (Å²) >= 11 is 0. The van der Waals surface area contributed by atoms with Gasteiger partial charge in [-0.15, -0.1) is 0 Å². The number of nitrogens with zero attached hydrogens (tertiary/aromatic N) is 2. The number of rotatable bonds is 5. The number of anilines is 1. The van der Waals surface area contributed by atoms with Crippen LogP contribution in [0.4, 0.5) is 5.69 Å². The fraction of sp³-hybridized carbons (Fsp3) is 0.350. The molecule has 150 valence electrons. The SMILES string of the molecule is CN=C(NCc1ccc(S(N)(=O)=O)cc1)NC1CCN(c2ccc(C)cc2)C1. The average Bonchev–Trinajstić information content (AvgIpc) is 3.14. The van der Waals surface area contributed by atoms with Gasteiger partial charge >= 0.3 is 0 Å². The first-order valence-corrected chi connectivity index (χ1v) is 10.8. The predicted molar refractivity (Wildman–Crippen MR) is 113 cm³/mol. The molecule has 0 saturated carbocycles. The van der Waals surface area contributed by atoms with Gasteiger partial charge in [-0.2, -0.15) is 0 Å². The molecular weight excluding hydrogens is 374 g/mol. The molecule has 1 atom stereocenters. The lowest BCUT2D eigenvalue weighted by atomic mass is 10.2. The summed E-state index contributed by atoms with van der Waals surface area (Å²) in [6, 6.07) is 15.4. The predicted octanol–water partition coefficient (Wildman–Crippen LogP) is 1.59. The van der Waals surface area contributed by atoms with Gasteiger partial charge in [0.1, 0.15) is 0 Å². The Bertz CT molecular complexity index is 924. The van der Waals surface area contributed by atoms with Crippen LogP contribution in [-0.2, 0) is 16.6 Å². The second kappa shape index (κ2) is 8.62. The van der Waals surface area contributed by atoms with Crippen molar-refractivity contribution in [3.05, 3.63) is 59.7 Å². The summed E-state index contributed by atoms with van der Waals surface area (Å²) in [5.74, 6) is 0.728. The number of benzene rings is 2. The molecule has 7 nitrogen and oxygen atoms in total. The first-order chi connectivity index (χ1) is 13.3. The van der Waals surface area contributed by atoms with Gasteiger partial charge in [0, 0.05) is 38.4 Å². The van der Waals surface area contributed by atoms with Gasteiger partial charge in [-0.05, 0) is 43.2 Å². The number of hydrogen-bond donors (Lipinski definition) is 3. The third-order valence-electron chi connectivity index (χ3n) is 4.86. The summed E-state index contributed by atoms with van der Waals surface area (Å²) in [4.78, 5) is 6.78. The van der Waals surface area contributed by atoms with Gasteiger partial charge in [0.05, 0.1) is 4.90 Å². The molecule has 0 aromatic heterocycles. The number of primary sulfonamides is 1. The summed E-state index contributed by atoms with van der Waals surface area (Å²) in [6.07, 6.45) is 1.04. The molecule has 1 unspecified atom stereocenters. The summed E-state index contributed by atoms with van der Waals surface area (Å²) in [7, 11) is -1.92. The van der Waals surface area contributed by atoms with Crippen molar-refractivity contribution >= 4 is 21.7 Å². The zero-order chi connectivity index (χ0) is 20.1. The number of aryl methyl sites for hydroxylation is 1. The molecule has 8 heteroatoms. The van der Waals surface area contributed by atoms with Crippen LogP contribution in [0.2, 0.25) is 0 Å². The molecule has 1 heterocycles. The van der Waals surface area contributed by atoms with Crippen molar-refractivity contribution < 1.29 is 8.42 Å². The Balaban J connectivity index is 1.52. The summed E-state index contributed by atoms with van der Waals surface area (Å²) in [6.45, 7) is 4.56. The van der Waals surface area contributed by atoms with Crippen LogP contribution in [0, 0.1) is 6.92 Å². The fourth-order valence-electron chi connectivity index (χ4n) is 3.24. The standard InChI is InChI=1S/C20H27N5O2S/c1-15-3-7-18(8-4-15)25-12-11-17(14-25)24-20(22-2)23-13-16-5-9-19(10-6-16)28(21,26)27/h3-10,17H,11-14H2,1-2H3,(H2,21,26,27)(H2,22,23,24). The molecule has 2 aromatic rings. The Hall–Kier alpha value is -2.58. The topological polar surface area (TPSA) is 99.8 Å². The Morgan fingerprint density at radius 3 is 2.46 bits per heavy atom. The second-order valence-electron chi connectivity index (χ2n) is 7.03. The molecule has 1 fully saturated rings. The van der Waals surface area contributed by atoms with Crippen LogP contribution in [0.3, 0.4) is 0 Å². The number of sulfonamides is 1. The molecule has 0 amide bonds. The molecule has 0 spiro atoms. The molecule has 4 N–H and O–H groups in total. The molecule has 2 aromatic carbocycles. The molecule has 0 radical (unpaired) electrons. The molecule has 1 aliphatic rings. The van der Waals surface area contributed by atoms with Crippen molar-refractivity contribution in [3.8, 4) is 0 Å². The van der Waals surface area contributed by atoms with Crippen molar-refractivity contribution in [2.75, 3.05) is 25.0 Å². The maximum absolute atomic E-state index is 11.3. The van der Waals surface area contributed by atoms with E-state index in [1.165, 1.54) is 23.4 Å². The van der Waals surface area contributed by atoms with Gasteiger partial charge in [-0.3, -0.25) is 4.99 Å². The van der Waals surface area contributed by atoms with Crippen molar-refractivity contribution in [1.82, 2.24) is 10.6 Å². The highest BCUT2D eigenvalue weighted by Crippen LogP contribution is 2.20. The first kappa shape index (κ1) is 20.2. The van der Waals surface area contributed by atoms with Crippen LogP contribution in [-0.4, -0.2) is 40.6 Å². The quantitative estimate of drug-likeness (QED) is 0.522. The largest absolute Gasteiger partial charge is 0.369 e. The highest BCUT2D eigenvalue weighted by Gasteiger charge is 2.23. The number of nitrogens with two attached hydrogens (primary N) is 1. The van der Waals surface area contributed by atoms with E-state index in [9.17, 15) is 8.42 Å². The summed E-state index contributed by atoms with van der Waals surface area (Å²) in [5.41, 5.74) is 3.45. The minimum Gasteiger partial charge on any atom is -0.369 e. The number of aliphatic imine (C=N–C) groups is 1. The number of nitrogens with one attached hydrogen (secondary N) is 2. The lowest BCUT2D eigenvalue weighted by Crippen LogP contribution is -2.44. The zero-order valence-electron chi connectivity index (χ0n) is 16.2. The van der Waals surface area contributed by atoms with Crippen molar-refractivity contribution in [2.24, 2.45) is 10.1 Å². The van der Waals surface area contributed by atoms with E-state index in [2.05, 4.69) is 51.7 Å². The maximum Gasteiger partial charge on any atom is 0.238 e. The van der Waals surface area contributed by atoms with E-state index in [1.54, 1.807) is 19.2 Å². The Kier molecular flexibility index (Phi) is 6.21. The number of hydrogen-bond acceptors (Lipinski definition) is 4. The van der Waals surface area contributed by atoms with E-state index >= 15 is 0 Å². The van der Waals surface area contributed by atoms with Crippen LogP contribution in [0.15, 0.2) is 58.4 Å². The van der Waals surface area contributed by atoms with Crippen molar-refractivity contribution in [1.29, 1.82) is 0 Å². The first-order valence-electron chi connectivity index (χ1n) is 9.26. The Morgan fingerprint density at radius 2 is 1.86 bits per heavy atom. The molecule has 3 rings (SSSR count). The van der Waals surface area contributed by atoms with E-state index in [4.69, 9.17) is 5.14 Å². The molecule has 1 aliphatic heterocycles. The van der Waals surface area contributed by atoms with E-state index in [0.29, 0.717) is 12.6 Å². The van der Waals surface area contributed by atoms with Gasteiger partial charge in [0.25, 0.3) is 0 Å². The van der Waals surface area contributed by atoms with E-state index < -0.39 is 10.0 Å². The Morgan fingerprint density at radius 1 is 1.18 bits per heavy atom. The molecular formula is C20H27N5O2S. The van der Waals surface area contributed by atoms with Crippen molar-refractivity contribution in [3.63, 3.8) is 0 Å². The lowest BCUT2D eigenvalue weighted by Gasteiger charge is -2.20. The second-order valence-corrected chi connectivity index (χ2v) is 8.59. The maximum atomic E-state index is 11.3. The fourth-order valence-corrected chi connectivity index (χ4v) is 3.75. The highest BCUT2D eigenvalue weighted by atomic mass is 32.2. The molecule has 0 bridgehead atoms. The highest BCUT2D eigenvalue weighted by molar-refractivity contribution is 7.89. The minimum atomic E-state index is -3.66. The van der Waals surface area contributed by atoms with Gasteiger partial charge in [0.15, 0.2) is 5.96 Å². The monoisotopic (exact) mass is 401 g/mol. The van der Waals surface area contributed by atoms with Crippen LogP contribution < -0.4 is 20.7 Å². The minimum absolute atomic E-state index is 0.112. The molecule has 1 saturated heterocycles. The molecule has 0 aliphatic carbocycles. The van der Waals surface area contributed by atoms with Gasteiger partial charge < -0.3 is 15.5 Å².